The molecule has 1 aliphatic heterocycles. The van der Waals surface area contributed by atoms with Crippen LogP contribution in [-0.4, -0.2) is 53.3 Å². The van der Waals surface area contributed by atoms with Crippen molar-refractivity contribution in [3.8, 4) is 5.75 Å². The average molecular weight is 461 g/mol. The highest BCUT2D eigenvalue weighted by atomic mass is 35.5. The molecule has 31 heavy (non-hydrogen) atoms. The summed E-state index contributed by atoms with van der Waals surface area (Å²) >= 11 is 6.21. The highest BCUT2D eigenvalue weighted by Gasteiger charge is 2.26. The molecule has 8 heteroatoms. The predicted octanol–water partition coefficient (Wildman–Crippen LogP) is 3.85. The molecule has 1 fully saturated rings. The van der Waals surface area contributed by atoms with Crippen LogP contribution in [0.1, 0.15) is 11.6 Å². The lowest BCUT2D eigenvalue weighted by molar-refractivity contribution is 0.0172. The minimum absolute atomic E-state index is 0.151. The summed E-state index contributed by atoms with van der Waals surface area (Å²) in [5, 5.41) is 2.01. The fraction of sp³-hybridized carbons (Fsp3) is 0.304. The van der Waals surface area contributed by atoms with Gasteiger partial charge in [-0.25, -0.2) is 13.1 Å². The van der Waals surface area contributed by atoms with Gasteiger partial charge in [-0.3, -0.25) is 4.90 Å². The van der Waals surface area contributed by atoms with Crippen molar-refractivity contribution in [3.05, 3.63) is 71.2 Å². The molecule has 1 atom stereocenters. The Kier molecular flexibility index (Phi) is 6.79. The van der Waals surface area contributed by atoms with E-state index in [1.807, 2.05) is 42.5 Å². The number of halogens is 1. The fourth-order valence-corrected chi connectivity index (χ4v) is 5.43. The third-order valence-corrected chi connectivity index (χ3v) is 7.26. The van der Waals surface area contributed by atoms with Gasteiger partial charge >= 0.3 is 0 Å². The van der Waals surface area contributed by atoms with Crippen LogP contribution in [0.15, 0.2) is 65.6 Å². The molecule has 1 N–H and O–H groups in total. The Labute approximate surface area is 187 Å². The van der Waals surface area contributed by atoms with Crippen LogP contribution in [0.3, 0.4) is 0 Å². The number of methoxy groups -OCH3 is 1. The lowest BCUT2D eigenvalue weighted by Crippen LogP contribution is -2.43. The molecule has 0 saturated carbocycles. The Morgan fingerprint density at radius 3 is 2.52 bits per heavy atom. The van der Waals surface area contributed by atoms with Crippen LogP contribution >= 0.6 is 11.6 Å². The number of morpholine rings is 1. The number of hydrogen-bond donors (Lipinski definition) is 1. The van der Waals surface area contributed by atoms with Crippen molar-refractivity contribution in [2.75, 3.05) is 40.0 Å². The first-order valence-corrected chi connectivity index (χ1v) is 12.0. The Hall–Kier alpha value is -2.16. The normalized spacial score (nSPS) is 16.3. The van der Waals surface area contributed by atoms with Crippen molar-refractivity contribution >= 4 is 32.4 Å². The van der Waals surface area contributed by atoms with Gasteiger partial charge < -0.3 is 9.47 Å². The highest BCUT2D eigenvalue weighted by molar-refractivity contribution is 7.89. The van der Waals surface area contributed by atoms with Crippen LogP contribution in [0.2, 0.25) is 5.02 Å². The van der Waals surface area contributed by atoms with E-state index < -0.39 is 10.0 Å². The lowest BCUT2D eigenvalue weighted by Gasteiger charge is -2.35. The Balaban J connectivity index is 1.64. The molecule has 0 radical (unpaired) electrons. The molecule has 164 valence electrons. The Bertz CT molecular complexity index is 1160. The zero-order valence-corrected chi connectivity index (χ0v) is 18.8. The highest BCUT2D eigenvalue weighted by Crippen LogP contribution is 2.31. The summed E-state index contributed by atoms with van der Waals surface area (Å²) in [5.74, 6) is 0.639. The van der Waals surface area contributed by atoms with Crippen molar-refractivity contribution in [2.24, 2.45) is 0 Å². The smallest absolute Gasteiger partial charge is 0.241 e. The van der Waals surface area contributed by atoms with Crippen LogP contribution in [0.4, 0.5) is 0 Å². The van der Waals surface area contributed by atoms with Gasteiger partial charge in [0, 0.05) is 41.5 Å². The second-order valence-electron chi connectivity index (χ2n) is 7.38. The molecule has 4 rings (SSSR count). The maximum atomic E-state index is 13.3. The number of nitrogens with one attached hydrogen (secondary N) is 1. The van der Waals surface area contributed by atoms with Crippen molar-refractivity contribution in [1.82, 2.24) is 9.62 Å². The third kappa shape index (κ3) is 4.86. The molecule has 1 aliphatic rings. The van der Waals surface area contributed by atoms with Gasteiger partial charge in [-0.15, -0.1) is 0 Å². The van der Waals surface area contributed by atoms with Gasteiger partial charge in [0.25, 0.3) is 0 Å². The Morgan fingerprint density at radius 2 is 1.81 bits per heavy atom. The summed E-state index contributed by atoms with van der Waals surface area (Å²) in [6.07, 6.45) is 0. The molecule has 0 aromatic heterocycles. The number of nitrogens with zero attached hydrogens (tertiary/aromatic N) is 1. The van der Waals surface area contributed by atoms with Gasteiger partial charge in [0.1, 0.15) is 5.75 Å². The second kappa shape index (κ2) is 9.54. The fourth-order valence-electron chi connectivity index (χ4n) is 3.98. The van der Waals surface area contributed by atoms with E-state index in [9.17, 15) is 8.42 Å². The van der Waals surface area contributed by atoms with Crippen molar-refractivity contribution in [1.29, 1.82) is 0 Å². The largest absolute Gasteiger partial charge is 0.496 e. The minimum Gasteiger partial charge on any atom is -0.496 e. The van der Waals surface area contributed by atoms with Gasteiger partial charge in [0.15, 0.2) is 0 Å². The van der Waals surface area contributed by atoms with E-state index in [2.05, 4.69) is 9.62 Å². The van der Waals surface area contributed by atoms with Gasteiger partial charge in [0.05, 0.1) is 25.2 Å². The molecular formula is C23H25ClN2O4S. The molecule has 0 amide bonds. The monoisotopic (exact) mass is 460 g/mol. The molecule has 0 bridgehead atoms. The number of ether oxygens (including phenoxy) is 2. The van der Waals surface area contributed by atoms with Gasteiger partial charge in [0.2, 0.25) is 10.0 Å². The predicted molar refractivity (Wildman–Crippen MR) is 122 cm³/mol. The third-order valence-electron chi connectivity index (χ3n) is 5.54. The first-order valence-electron chi connectivity index (χ1n) is 10.1. The number of fused-ring (bicyclic) bond motifs is 1. The molecule has 1 heterocycles. The topological polar surface area (TPSA) is 67.9 Å². The minimum atomic E-state index is -3.76. The maximum absolute atomic E-state index is 13.3. The maximum Gasteiger partial charge on any atom is 0.241 e. The molecule has 3 aromatic rings. The standard InChI is InChI=1S/C23H25ClN2O4S/c1-29-22-9-10-23(20-8-3-2-7-19(20)22)31(27,28)25-16-21(26-11-13-30-14-12-26)17-5-4-6-18(24)15-17/h2-10,15,21,25H,11-14,16H2,1H3. The summed E-state index contributed by atoms with van der Waals surface area (Å²) in [5.41, 5.74) is 0.969. The van der Waals surface area contributed by atoms with E-state index in [0.29, 0.717) is 29.4 Å². The summed E-state index contributed by atoms with van der Waals surface area (Å²) in [4.78, 5) is 2.46. The summed E-state index contributed by atoms with van der Waals surface area (Å²) in [6.45, 7) is 2.91. The van der Waals surface area contributed by atoms with E-state index in [1.54, 1.807) is 25.3 Å². The molecule has 0 spiro atoms. The van der Waals surface area contributed by atoms with Crippen molar-refractivity contribution in [2.45, 2.75) is 10.9 Å². The quantitative estimate of drug-likeness (QED) is 0.580. The van der Waals surface area contributed by atoms with Gasteiger partial charge in [-0.1, -0.05) is 48.0 Å². The molecule has 0 aliphatic carbocycles. The lowest BCUT2D eigenvalue weighted by atomic mass is 10.1. The average Bonchev–Trinajstić information content (AvgIpc) is 2.79. The van der Waals surface area contributed by atoms with E-state index in [0.717, 1.165) is 24.0 Å². The summed E-state index contributed by atoms with van der Waals surface area (Å²) < 4.78 is 40.3. The van der Waals surface area contributed by atoms with Crippen LogP contribution in [-0.2, 0) is 14.8 Å². The van der Waals surface area contributed by atoms with E-state index in [1.165, 1.54) is 0 Å². The molecule has 1 saturated heterocycles. The Morgan fingerprint density at radius 1 is 1.06 bits per heavy atom. The zero-order chi connectivity index (χ0) is 21.8. The van der Waals surface area contributed by atoms with Crippen molar-refractivity contribution in [3.63, 3.8) is 0 Å². The van der Waals surface area contributed by atoms with E-state index in [-0.39, 0.29) is 17.5 Å². The van der Waals surface area contributed by atoms with Gasteiger partial charge in [-0.05, 0) is 29.8 Å². The summed E-state index contributed by atoms with van der Waals surface area (Å²) in [7, 11) is -2.18. The van der Waals surface area contributed by atoms with E-state index in [4.69, 9.17) is 21.1 Å². The molecule has 1 unspecified atom stereocenters. The first kappa shape index (κ1) is 22.0. The molecule has 3 aromatic carbocycles. The van der Waals surface area contributed by atoms with Gasteiger partial charge in [-0.2, -0.15) is 0 Å². The number of sulfonamides is 1. The summed E-state index contributed by atoms with van der Waals surface area (Å²) in [6, 6.07) is 18.0. The molecular weight excluding hydrogens is 436 g/mol. The number of hydrogen-bond acceptors (Lipinski definition) is 5. The van der Waals surface area contributed by atoms with Crippen LogP contribution in [0.25, 0.3) is 10.8 Å². The van der Waals surface area contributed by atoms with Crippen LogP contribution in [0.5, 0.6) is 5.75 Å². The first-order chi connectivity index (χ1) is 15.0. The van der Waals surface area contributed by atoms with Crippen LogP contribution < -0.4 is 9.46 Å². The number of rotatable bonds is 7. The van der Waals surface area contributed by atoms with E-state index >= 15 is 0 Å². The van der Waals surface area contributed by atoms with Crippen molar-refractivity contribution < 1.29 is 17.9 Å². The number of benzene rings is 3. The second-order valence-corrected chi connectivity index (χ2v) is 9.55. The SMILES string of the molecule is COc1ccc(S(=O)(=O)NCC(c2cccc(Cl)c2)N2CCOCC2)c2ccccc12. The van der Waals surface area contributed by atoms with Crippen LogP contribution in [0, 0.1) is 0 Å². The zero-order valence-electron chi connectivity index (χ0n) is 17.3. The molecule has 6 nitrogen and oxygen atoms in total.